The minimum absolute atomic E-state index is 0.180. The average Bonchev–Trinajstić information content (AvgIpc) is 2.45. The lowest BCUT2D eigenvalue weighted by Gasteiger charge is -2.29. The fourth-order valence-electron chi connectivity index (χ4n) is 2.21. The number of ether oxygens (including phenoxy) is 1. The fourth-order valence-corrected chi connectivity index (χ4v) is 2.21. The molecule has 0 atom stereocenters. The minimum Gasteiger partial charge on any atom is -0.478 e. The number of carboxylic acid groups (broad SMARTS) is 1. The summed E-state index contributed by atoms with van der Waals surface area (Å²) in [5.74, 6) is -1.00. The molecule has 1 aromatic rings. The van der Waals surface area contributed by atoms with Crippen LogP contribution >= 0.6 is 0 Å². The first-order valence-corrected chi connectivity index (χ1v) is 7.13. The van der Waals surface area contributed by atoms with Crippen LogP contribution in [-0.2, 0) is 4.74 Å². The molecule has 6 nitrogen and oxygen atoms in total. The van der Waals surface area contributed by atoms with E-state index in [2.05, 4.69) is 4.98 Å². The molecule has 0 saturated carbocycles. The highest BCUT2D eigenvalue weighted by Gasteiger charge is 2.25. The number of hydrogen-bond donors (Lipinski definition) is 1. The third-order valence-corrected chi connectivity index (χ3v) is 3.20. The zero-order valence-corrected chi connectivity index (χ0v) is 13.0. The van der Waals surface area contributed by atoms with Crippen LogP contribution in [0, 0.1) is 0 Å². The molecule has 1 aliphatic heterocycles. The maximum Gasteiger partial charge on any atom is 0.410 e. The largest absolute Gasteiger partial charge is 0.478 e. The second kappa shape index (κ2) is 6.17. The molecule has 0 radical (unpaired) electrons. The Balaban J connectivity index is 2.12. The lowest BCUT2D eigenvalue weighted by atomic mass is 10.0. The van der Waals surface area contributed by atoms with Gasteiger partial charge in [0.15, 0.2) is 0 Å². The molecule has 0 unspecified atom stereocenters. The van der Waals surface area contributed by atoms with Gasteiger partial charge in [0.25, 0.3) is 0 Å². The standard InChI is InChI=1S/C16H20N2O4/c1-16(2,3)22-15(21)18-9-6-11(7-10-18)13-12(14(19)20)5-4-8-17-13/h4-6,8H,7,9-10H2,1-3H3,(H,19,20). The van der Waals surface area contributed by atoms with Crippen LogP contribution in [0.15, 0.2) is 24.4 Å². The summed E-state index contributed by atoms with van der Waals surface area (Å²) >= 11 is 0. The van der Waals surface area contributed by atoms with E-state index in [1.54, 1.807) is 17.2 Å². The SMILES string of the molecule is CC(C)(C)OC(=O)N1CC=C(c2ncccc2C(=O)O)CC1. The molecule has 0 bridgehead atoms. The van der Waals surface area contributed by atoms with Gasteiger partial charge in [-0.05, 0) is 44.9 Å². The van der Waals surface area contributed by atoms with E-state index in [1.807, 2.05) is 26.8 Å². The average molecular weight is 304 g/mol. The molecule has 0 fully saturated rings. The van der Waals surface area contributed by atoms with Gasteiger partial charge in [-0.3, -0.25) is 4.98 Å². The molecule has 118 valence electrons. The van der Waals surface area contributed by atoms with Crippen LogP contribution < -0.4 is 0 Å². The van der Waals surface area contributed by atoms with Crippen molar-refractivity contribution in [2.45, 2.75) is 32.8 Å². The number of rotatable bonds is 2. The lowest BCUT2D eigenvalue weighted by molar-refractivity contribution is 0.0270. The Morgan fingerprint density at radius 1 is 1.36 bits per heavy atom. The molecule has 1 aromatic heterocycles. The first kappa shape index (κ1) is 16.0. The molecule has 2 rings (SSSR count). The predicted molar refractivity (Wildman–Crippen MR) is 81.6 cm³/mol. The maximum absolute atomic E-state index is 12.0. The normalized spacial score (nSPS) is 15.2. The molecule has 1 amide bonds. The number of carbonyl (C=O) groups is 2. The Morgan fingerprint density at radius 2 is 2.09 bits per heavy atom. The van der Waals surface area contributed by atoms with Crippen molar-refractivity contribution in [1.29, 1.82) is 0 Å². The summed E-state index contributed by atoms with van der Waals surface area (Å²) in [4.78, 5) is 29.0. The van der Waals surface area contributed by atoms with Crippen LogP contribution in [0.25, 0.3) is 5.57 Å². The number of amides is 1. The van der Waals surface area contributed by atoms with Crippen LogP contribution in [0.4, 0.5) is 4.79 Å². The first-order chi connectivity index (χ1) is 10.3. The van der Waals surface area contributed by atoms with E-state index < -0.39 is 11.6 Å². The number of aromatic carboxylic acids is 1. The molecule has 0 aliphatic carbocycles. The van der Waals surface area contributed by atoms with E-state index in [4.69, 9.17) is 4.74 Å². The Hall–Kier alpha value is -2.37. The van der Waals surface area contributed by atoms with Gasteiger partial charge in [0.1, 0.15) is 5.60 Å². The van der Waals surface area contributed by atoms with Crippen LogP contribution in [-0.4, -0.2) is 45.7 Å². The van der Waals surface area contributed by atoms with Crippen LogP contribution in [0.1, 0.15) is 43.2 Å². The van der Waals surface area contributed by atoms with Gasteiger partial charge in [-0.2, -0.15) is 0 Å². The summed E-state index contributed by atoms with van der Waals surface area (Å²) in [7, 11) is 0. The Labute approximate surface area is 129 Å². The molecule has 0 saturated heterocycles. The molecule has 0 spiro atoms. The van der Waals surface area contributed by atoms with Crippen LogP contribution in [0.5, 0.6) is 0 Å². The summed E-state index contributed by atoms with van der Waals surface area (Å²) in [5.41, 5.74) is 0.967. The summed E-state index contributed by atoms with van der Waals surface area (Å²) in [6.07, 6.45) is 3.60. The summed E-state index contributed by atoms with van der Waals surface area (Å²) in [6, 6.07) is 3.13. The van der Waals surface area contributed by atoms with Crippen LogP contribution in [0.3, 0.4) is 0 Å². The minimum atomic E-state index is -1.00. The Bertz CT molecular complexity index is 617. The summed E-state index contributed by atoms with van der Waals surface area (Å²) in [6.45, 7) is 6.34. The van der Waals surface area contributed by atoms with Crippen molar-refractivity contribution in [1.82, 2.24) is 9.88 Å². The first-order valence-electron chi connectivity index (χ1n) is 7.13. The molecule has 0 aromatic carbocycles. The van der Waals surface area contributed by atoms with Crippen LogP contribution in [0.2, 0.25) is 0 Å². The van der Waals surface area contributed by atoms with Crippen molar-refractivity contribution in [3.63, 3.8) is 0 Å². The lowest BCUT2D eigenvalue weighted by Crippen LogP contribution is -2.39. The predicted octanol–water partition coefficient (Wildman–Crippen LogP) is 2.80. The summed E-state index contributed by atoms with van der Waals surface area (Å²) < 4.78 is 5.33. The Kier molecular flexibility index (Phi) is 4.49. The van der Waals surface area contributed by atoms with Crippen molar-refractivity contribution in [3.05, 3.63) is 35.7 Å². The third-order valence-electron chi connectivity index (χ3n) is 3.20. The number of carbonyl (C=O) groups excluding carboxylic acids is 1. The molecule has 1 N–H and O–H groups in total. The van der Waals surface area contributed by atoms with Crippen molar-refractivity contribution in [2.24, 2.45) is 0 Å². The number of carboxylic acids is 1. The van der Waals surface area contributed by atoms with Gasteiger partial charge in [0, 0.05) is 19.3 Å². The van der Waals surface area contributed by atoms with Gasteiger partial charge in [-0.25, -0.2) is 9.59 Å². The van der Waals surface area contributed by atoms with Gasteiger partial charge in [-0.1, -0.05) is 6.08 Å². The number of aromatic nitrogens is 1. The highest BCUT2D eigenvalue weighted by Crippen LogP contribution is 2.24. The monoisotopic (exact) mass is 304 g/mol. The second-order valence-electron chi connectivity index (χ2n) is 6.11. The van der Waals surface area contributed by atoms with Crippen molar-refractivity contribution >= 4 is 17.6 Å². The van der Waals surface area contributed by atoms with E-state index in [-0.39, 0.29) is 11.7 Å². The molecule has 1 aliphatic rings. The fraction of sp³-hybridized carbons (Fsp3) is 0.438. The number of hydrogen-bond acceptors (Lipinski definition) is 4. The molecule has 6 heteroatoms. The van der Waals surface area contributed by atoms with Gasteiger partial charge in [0.05, 0.1) is 11.3 Å². The van der Waals surface area contributed by atoms with Gasteiger partial charge in [-0.15, -0.1) is 0 Å². The molecule has 22 heavy (non-hydrogen) atoms. The van der Waals surface area contributed by atoms with E-state index in [0.29, 0.717) is 25.2 Å². The number of pyridine rings is 1. The molecular weight excluding hydrogens is 284 g/mol. The maximum atomic E-state index is 12.0. The van der Waals surface area contributed by atoms with Crippen molar-refractivity contribution < 1.29 is 19.4 Å². The van der Waals surface area contributed by atoms with Crippen molar-refractivity contribution in [3.8, 4) is 0 Å². The topological polar surface area (TPSA) is 79.7 Å². The quantitative estimate of drug-likeness (QED) is 0.908. The Morgan fingerprint density at radius 3 is 2.64 bits per heavy atom. The van der Waals surface area contributed by atoms with E-state index in [1.165, 1.54) is 6.07 Å². The van der Waals surface area contributed by atoms with E-state index >= 15 is 0 Å². The smallest absolute Gasteiger partial charge is 0.410 e. The molecular formula is C16H20N2O4. The van der Waals surface area contributed by atoms with E-state index in [0.717, 1.165) is 5.57 Å². The van der Waals surface area contributed by atoms with Crippen molar-refractivity contribution in [2.75, 3.05) is 13.1 Å². The summed E-state index contributed by atoms with van der Waals surface area (Å²) in [5, 5.41) is 9.21. The highest BCUT2D eigenvalue weighted by atomic mass is 16.6. The highest BCUT2D eigenvalue weighted by molar-refractivity contribution is 5.93. The zero-order chi connectivity index (χ0) is 16.3. The van der Waals surface area contributed by atoms with Gasteiger partial charge in [0.2, 0.25) is 0 Å². The van der Waals surface area contributed by atoms with E-state index in [9.17, 15) is 14.7 Å². The number of nitrogens with zero attached hydrogens (tertiary/aromatic N) is 2. The van der Waals surface area contributed by atoms with Gasteiger partial charge >= 0.3 is 12.1 Å². The van der Waals surface area contributed by atoms with Gasteiger partial charge < -0.3 is 14.7 Å². The molecule has 2 heterocycles. The third kappa shape index (κ3) is 3.84. The second-order valence-corrected chi connectivity index (χ2v) is 6.11. The zero-order valence-electron chi connectivity index (χ0n) is 13.0.